The van der Waals surface area contributed by atoms with Gasteiger partial charge in [0.2, 0.25) is 11.8 Å². The number of nitrogens with zero attached hydrogens (tertiary/aromatic N) is 1. The predicted octanol–water partition coefficient (Wildman–Crippen LogP) is 3.00. The minimum absolute atomic E-state index is 0.0341. The summed E-state index contributed by atoms with van der Waals surface area (Å²) in [7, 11) is 0. The second-order valence-electron chi connectivity index (χ2n) is 10.4. The van der Waals surface area contributed by atoms with E-state index < -0.39 is 30.5 Å². The molecule has 3 amide bonds. The molecule has 38 heavy (non-hydrogen) atoms. The monoisotopic (exact) mass is 530 g/mol. The van der Waals surface area contributed by atoms with Crippen LogP contribution in [0.3, 0.4) is 0 Å². The first-order valence-corrected chi connectivity index (χ1v) is 13.2. The maximum atomic E-state index is 13.7. The van der Waals surface area contributed by atoms with Gasteiger partial charge in [0.05, 0.1) is 6.04 Å². The molecule has 204 valence electrons. The lowest BCUT2D eigenvalue weighted by Crippen LogP contribution is -2.53. The van der Waals surface area contributed by atoms with Gasteiger partial charge in [-0.3, -0.25) is 19.2 Å². The standard InChI is InChI=1S/C27H32F2N4O5/c1-2-21(34)19(11-14-9-10-30-24(14)35)32-25(36)23-16-6-3-5-15(16)13-33(23)26(37)20-12-17-18(31-20)7-4-8-22(17)38-27(28)29/h4,7-8,12,14-16,19,23,27,31H,2-3,5-6,9-11,13H2,1H3,(H,30,35)(H,32,36). The van der Waals surface area contributed by atoms with Crippen molar-refractivity contribution in [3.8, 4) is 5.75 Å². The Morgan fingerprint density at radius 2 is 2.03 bits per heavy atom. The van der Waals surface area contributed by atoms with E-state index in [1.807, 2.05) is 0 Å². The molecule has 1 aromatic heterocycles. The van der Waals surface area contributed by atoms with E-state index in [2.05, 4.69) is 20.4 Å². The van der Waals surface area contributed by atoms with Crippen molar-refractivity contribution in [3.63, 3.8) is 0 Å². The Balaban J connectivity index is 1.39. The number of aromatic amines is 1. The zero-order valence-corrected chi connectivity index (χ0v) is 21.2. The molecule has 3 N–H and O–H groups in total. The fourth-order valence-electron chi connectivity index (χ4n) is 6.38. The first-order valence-electron chi connectivity index (χ1n) is 13.2. The lowest BCUT2D eigenvalue weighted by atomic mass is 9.91. The number of nitrogens with one attached hydrogen (secondary N) is 3. The second kappa shape index (κ2) is 10.7. The molecule has 9 nitrogen and oxygen atoms in total. The van der Waals surface area contributed by atoms with E-state index in [0.29, 0.717) is 30.4 Å². The first-order chi connectivity index (χ1) is 18.3. The molecule has 1 aliphatic carbocycles. The number of H-pyrrole nitrogens is 1. The van der Waals surface area contributed by atoms with Crippen LogP contribution in [0, 0.1) is 17.8 Å². The number of benzene rings is 1. The summed E-state index contributed by atoms with van der Waals surface area (Å²) in [5.74, 6) is -1.33. The van der Waals surface area contributed by atoms with Gasteiger partial charge in [0.15, 0.2) is 5.78 Å². The summed E-state index contributed by atoms with van der Waals surface area (Å²) in [5.41, 5.74) is 0.641. The molecule has 5 atom stereocenters. The molecule has 3 heterocycles. The quantitative estimate of drug-likeness (QED) is 0.460. The maximum absolute atomic E-state index is 13.7. The van der Waals surface area contributed by atoms with Crippen LogP contribution in [0.15, 0.2) is 24.3 Å². The minimum Gasteiger partial charge on any atom is -0.434 e. The summed E-state index contributed by atoms with van der Waals surface area (Å²) < 4.78 is 30.3. The number of ketones is 1. The van der Waals surface area contributed by atoms with Gasteiger partial charge in [-0.15, -0.1) is 0 Å². The Bertz CT molecular complexity index is 1250. The van der Waals surface area contributed by atoms with Crippen LogP contribution < -0.4 is 15.4 Å². The number of Topliss-reactive ketones (excluding diaryl/α,β-unsaturated/α-hetero) is 1. The summed E-state index contributed by atoms with van der Waals surface area (Å²) in [6, 6.07) is 4.52. The second-order valence-corrected chi connectivity index (χ2v) is 10.4. The molecule has 2 saturated heterocycles. The van der Waals surface area contributed by atoms with Crippen molar-refractivity contribution in [1.29, 1.82) is 0 Å². The summed E-state index contributed by atoms with van der Waals surface area (Å²) in [4.78, 5) is 56.8. The van der Waals surface area contributed by atoms with E-state index >= 15 is 0 Å². The van der Waals surface area contributed by atoms with Crippen molar-refractivity contribution in [1.82, 2.24) is 20.5 Å². The highest BCUT2D eigenvalue weighted by Gasteiger charge is 2.50. The Morgan fingerprint density at radius 3 is 2.74 bits per heavy atom. The fraction of sp³-hybridized carbons (Fsp3) is 0.556. The number of halogens is 2. The van der Waals surface area contributed by atoms with Gasteiger partial charge >= 0.3 is 6.61 Å². The van der Waals surface area contributed by atoms with Crippen molar-refractivity contribution in [2.75, 3.05) is 13.1 Å². The zero-order valence-electron chi connectivity index (χ0n) is 21.2. The highest BCUT2D eigenvalue weighted by Crippen LogP contribution is 2.43. The van der Waals surface area contributed by atoms with E-state index in [4.69, 9.17) is 0 Å². The molecular weight excluding hydrogens is 498 g/mol. The molecule has 0 spiro atoms. The van der Waals surface area contributed by atoms with Gasteiger partial charge in [0, 0.05) is 36.3 Å². The number of amides is 3. The van der Waals surface area contributed by atoms with Crippen molar-refractivity contribution >= 4 is 34.4 Å². The number of hydrogen-bond acceptors (Lipinski definition) is 5. The molecular formula is C27H32F2N4O5. The molecule has 3 fully saturated rings. The largest absolute Gasteiger partial charge is 0.434 e. The Kier molecular flexibility index (Phi) is 7.36. The molecule has 2 aliphatic heterocycles. The third kappa shape index (κ3) is 4.98. The summed E-state index contributed by atoms with van der Waals surface area (Å²) in [6.45, 7) is -0.339. The van der Waals surface area contributed by atoms with Crippen LogP contribution in [0.25, 0.3) is 10.9 Å². The van der Waals surface area contributed by atoms with Crippen molar-refractivity contribution in [2.24, 2.45) is 17.8 Å². The minimum atomic E-state index is -3.00. The molecule has 0 radical (unpaired) electrons. The van der Waals surface area contributed by atoms with Crippen molar-refractivity contribution < 1.29 is 32.7 Å². The van der Waals surface area contributed by atoms with Gasteiger partial charge in [0.25, 0.3) is 5.91 Å². The third-order valence-electron chi connectivity index (χ3n) is 8.23. The predicted molar refractivity (Wildman–Crippen MR) is 134 cm³/mol. The van der Waals surface area contributed by atoms with Crippen LogP contribution >= 0.6 is 0 Å². The van der Waals surface area contributed by atoms with E-state index in [1.54, 1.807) is 19.1 Å². The maximum Gasteiger partial charge on any atom is 0.387 e. The molecule has 5 unspecified atom stereocenters. The Labute approximate surface area is 218 Å². The van der Waals surface area contributed by atoms with Crippen LogP contribution in [0.4, 0.5) is 8.78 Å². The van der Waals surface area contributed by atoms with Gasteiger partial charge < -0.3 is 25.3 Å². The van der Waals surface area contributed by atoms with Crippen LogP contribution in [-0.2, 0) is 14.4 Å². The lowest BCUT2D eigenvalue weighted by molar-refractivity contribution is -0.132. The molecule has 5 rings (SSSR count). The number of hydrogen-bond donors (Lipinski definition) is 3. The number of alkyl halides is 2. The van der Waals surface area contributed by atoms with E-state index in [0.717, 1.165) is 19.3 Å². The molecule has 1 aromatic carbocycles. The van der Waals surface area contributed by atoms with E-state index in [1.165, 1.54) is 17.0 Å². The lowest BCUT2D eigenvalue weighted by Gasteiger charge is -2.29. The van der Waals surface area contributed by atoms with E-state index in [9.17, 15) is 28.0 Å². The van der Waals surface area contributed by atoms with Gasteiger partial charge in [-0.25, -0.2) is 0 Å². The highest BCUT2D eigenvalue weighted by atomic mass is 19.3. The average molecular weight is 531 g/mol. The van der Waals surface area contributed by atoms with Gasteiger partial charge in [-0.2, -0.15) is 8.78 Å². The van der Waals surface area contributed by atoms with Crippen LogP contribution in [-0.4, -0.2) is 65.2 Å². The number of rotatable bonds is 9. The highest BCUT2D eigenvalue weighted by molar-refractivity contribution is 6.02. The smallest absolute Gasteiger partial charge is 0.387 e. The molecule has 1 saturated carbocycles. The van der Waals surface area contributed by atoms with Gasteiger partial charge in [-0.05, 0) is 55.7 Å². The van der Waals surface area contributed by atoms with Gasteiger partial charge in [-0.1, -0.05) is 19.4 Å². The van der Waals surface area contributed by atoms with Gasteiger partial charge in [0.1, 0.15) is 17.5 Å². The van der Waals surface area contributed by atoms with Crippen LogP contribution in [0.2, 0.25) is 0 Å². The van der Waals surface area contributed by atoms with E-state index in [-0.39, 0.29) is 53.7 Å². The topological polar surface area (TPSA) is 121 Å². The summed E-state index contributed by atoms with van der Waals surface area (Å²) in [6.07, 6.45) is 3.71. The molecule has 11 heteroatoms. The fourth-order valence-corrected chi connectivity index (χ4v) is 6.38. The molecule has 2 aromatic rings. The van der Waals surface area contributed by atoms with Crippen LogP contribution in [0.5, 0.6) is 5.75 Å². The molecule has 3 aliphatic rings. The zero-order chi connectivity index (χ0) is 27.0. The Morgan fingerprint density at radius 1 is 1.21 bits per heavy atom. The third-order valence-corrected chi connectivity index (χ3v) is 8.23. The summed E-state index contributed by atoms with van der Waals surface area (Å²) >= 11 is 0. The SMILES string of the molecule is CCC(=O)C(CC1CCNC1=O)NC(=O)C1C2CCCC2CN1C(=O)c1cc2c(OC(F)F)cccc2[nH]1. The number of carbonyl (C=O) groups excluding carboxylic acids is 4. The number of likely N-dealkylation sites (tertiary alicyclic amines) is 1. The van der Waals surface area contributed by atoms with Crippen LogP contribution in [0.1, 0.15) is 55.9 Å². The average Bonchev–Trinajstić information content (AvgIpc) is 3.66. The summed E-state index contributed by atoms with van der Waals surface area (Å²) in [5, 5.41) is 6.00. The van der Waals surface area contributed by atoms with Crippen molar-refractivity contribution in [3.05, 3.63) is 30.0 Å². The number of carbonyl (C=O) groups is 4. The normalized spacial score (nSPS) is 25.5. The van der Waals surface area contributed by atoms with Crippen molar-refractivity contribution in [2.45, 2.75) is 64.1 Å². The molecule has 0 bridgehead atoms. The number of aromatic nitrogens is 1. The Hall–Kier alpha value is -3.50. The number of ether oxygens (including phenoxy) is 1. The number of fused-ring (bicyclic) bond motifs is 2. The first kappa shape index (κ1) is 26.1.